The number of carbonyl (C=O) groups is 2. The van der Waals surface area contributed by atoms with Crippen LogP contribution in [-0.2, 0) is 14.3 Å². The number of ether oxygens (including phenoxy) is 2. The van der Waals surface area contributed by atoms with Crippen molar-refractivity contribution in [3.05, 3.63) is 88.0 Å². The lowest BCUT2D eigenvalue weighted by atomic mass is 10.0. The second-order valence-electron chi connectivity index (χ2n) is 7.74. The Kier molecular flexibility index (Phi) is 10.7. The Balaban J connectivity index is 1.85. The number of nitrogen functional groups attached to an aromatic ring is 1. The number of benzene rings is 3. The van der Waals surface area contributed by atoms with Crippen molar-refractivity contribution in [3.63, 3.8) is 0 Å². The zero-order valence-corrected chi connectivity index (χ0v) is 23.3. The van der Waals surface area contributed by atoms with Crippen LogP contribution in [0.4, 0.5) is 21.9 Å². The Morgan fingerprint density at radius 3 is 2.51 bits per heavy atom. The summed E-state index contributed by atoms with van der Waals surface area (Å²) in [5.74, 6) is -0.506. The molecule has 0 aliphatic carbocycles. The van der Waals surface area contributed by atoms with E-state index in [1.807, 2.05) is 18.4 Å². The summed E-state index contributed by atoms with van der Waals surface area (Å²) in [4.78, 5) is 26.5. The molecule has 10 heteroatoms. The molecule has 2 amide bonds. The highest BCUT2D eigenvalue weighted by molar-refractivity contribution is 14.1. The van der Waals surface area contributed by atoms with Gasteiger partial charge in [-0.05, 0) is 96.4 Å². The highest BCUT2D eigenvalue weighted by Gasteiger charge is 2.29. The van der Waals surface area contributed by atoms with Crippen LogP contribution < -0.4 is 16.4 Å². The van der Waals surface area contributed by atoms with Crippen LogP contribution in [0.25, 0.3) is 0 Å². The van der Waals surface area contributed by atoms with Gasteiger partial charge in [-0.2, -0.15) is 0 Å². The molecule has 8 nitrogen and oxygen atoms in total. The van der Waals surface area contributed by atoms with E-state index in [0.717, 1.165) is 8.47 Å². The molecule has 0 bridgehead atoms. The van der Waals surface area contributed by atoms with Crippen LogP contribution >= 0.6 is 34.4 Å². The number of halogens is 1. The predicted molar refractivity (Wildman–Crippen MR) is 156 cm³/mol. The topological polar surface area (TPSA) is 123 Å². The van der Waals surface area contributed by atoms with Gasteiger partial charge in [-0.15, -0.1) is 11.8 Å². The van der Waals surface area contributed by atoms with Crippen molar-refractivity contribution in [1.82, 2.24) is 0 Å². The largest absolute Gasteiger partial charge is 0.508 e. The third-order valence-electron chi connectivity index (χ3n) is 5.18. The summed E-state index contributed by atoms with van der Waals surface area (Å²) < 4.78 is 12.4. The van der Waals surface area contributed by atoms with Crippen molar-refractivity contribution < 1.29 is 24.2 Å². The maximum Gasteiger partial charge on any atom is 0.412 e. The molecule has 3 aromatic carbocycles. The minimum atomic E-state index is -1.05. The normalized spacial score (nSPS) is 12.6. The van der Waals surface area contributed by atoms with Crippen LogP contribution in [0.2, 0.25) is 0 Å². The number of hydrogen-bond donors (Lipinski definition) is 4. The van der Waals surface area contributed by atoms with Gasteiger partial charge in [0.05, 0.1) is 11.4 Å². The number of phenols is 1. The monoisotopic (exact) mass is 633 g/mol. The van der Waals surface area contributed by atoms with E-state index in [1.54, 1.807) is 67.2 Å². The van der Waals surface area contributed by atoms with Gasteiger partial charge in [-0.1, -0.05) is 12.1 Å². The molecule has 194 valence electrons. The van der Waals surface area contributed by atoms with Gasteiger partial charge >= 0.3 is 6.09 Å². The Labute approximate surface area is 233 Å². The van der Waals surface area contributed by atoms with E-state index in [1.165, 1.54) is 18.2 Å². The van der Waals surface area contributed by atoms with Gasteiger partial charge in [-0.25, -0.2) is 4.79 Å². The van der Waals surface area contributed by atoms with Gasteiger partial charge in [0.15, 0.2) is 6.10 Å². The zero-order chi connectivity index (χ0) is 26.8. The fourth-order valence-corrected chi connectivity index (χ4v) is 4.33. The number of thioether (sulfide) groups is 1. The number of nitrogens with one attached hydrogen (secondary N) is 2. The molecule has 0 radical (unpaired) electrons. The number of phenolic OH excluding ortho intramolecular Hbond substituents is 1. The minimum absolute atomic E-state index is 0.0675. The van der Waals surface area contributed by atoms with Crippen molar-refractivity contribution >= 4 is 63.4 Å². The third kappa shape index (κ3) is 8.41. The highest BCUT2D eigenvalue weighted by Crippen LogP contribution is 2.33. The van der Waals surface area contributed by atoms with Gasteiger partial charge in [0.2, 0.25) is 5.91 Å². The van der Waals surface area contributed by atoms with Crippen molar-refractivity contribution in [2.75, 3.05) is 29.2 Å². The first-order valence-electron chi connectivity index (χ1n) is 11.4. The number of hydrogen-bond acceptors (Lipinski definition) is 7. The molecule has 0 aliphatic heterocycles. The Bertz CT molecular complexity index is 1250. The van der Waals surface area contributed by atoms with Crippen LogP contribution in [0.3, 0.4) is 0 Å². The van der Waals surface area contributed by atoms with E-state index in [4.69, 9.17) is 15.2 Å². The van der Waals surface area contributed by atoms with Crippen molar-refractivity contribution in [3.8, 4) is 5.75 Å². The fourth-order valence-electron chi connectivity index (χ4n) is 3.40. The smallest absolute Gasteiger partial charge is 0.412 e. The van der Waals surface area contributed by atoms with Crippen LogP contribution in [-0.4, -0.2) is 36.1 Å². The summed E-state index contributed by atoms with van der Waals surface area (Å²) in [7, 11) is 0. The van der Waals surface area contributed by atoms with Gasteiger partial charge in [0, 0.05) is 32.4 Å². The summed E-state index contributed by atoms with van der Waals surface area (Å²) in [5, 5.41) is 16.0. The SMILES string of the molecule is CCO[C@@H](/C=C/C(=O)Nc1ccccc1N)[C@@H](OC(=O)Nc1ccc(SC)cc1)c1cc(I)ccc1O. The number of rotatable bonds is 10. The van der Waals surface area contributed by atoms with Gasteiger partial charge < -0.3 is 25.6 Å². The van der Waals surface area contributed by atoms with E-state index < -0.39 is 24.2 Å². The average Bonchev–Trinajstić information content (AvgIpc) is 2.88. The molecule has 0 spiro atoms. The fraction of sp³-hybridized carbons (Fsp3) is 0.185. The molecule has 0 aliphatic rings. The van der Waals surface area contributed by atoms with Crippen LogP contribution in [0.15, 0.2) is 83.8 Å². The average molecular weight is 634 g/mol. The summed E-state index contributed by atoms with van der Waals surface area (Å²) >= 11 is 3.69. The van der Waals surface area contributed by atoms with Gasteiger partial charge in [0.1, 0.15) is 11.9 Å². The molecular formula is C27H28IN3O5S. The first-order valence-corrected chi connectivity index (χ1v) is 13.7. The van der Waals surface area contributed by atoms with Crippen LogP contribution in [0.1, 0.15) is 18.6 Å². The zero-order valence-electron chi connectivity index (χ0n) is 20.3. The van der Waals surface area contributed by atoms with Crippen molar-refractivity contribution in [2.45, 2.75) is 24.0 Å². The molecular weight excluding hydrogens is 605 g/mol. The lowest BCUT2D eigenvalue weighted by molar-refractivity contribution is -0.112. The first kappa shape index (κ1) is 28.4. The molecule has 3 rings (SSSR count). The lowest BCUT2D eigenvalue weighted by Crippen LogP contribution is -2.28. The van der Waals surface area contributed by atoms with E-state index in [0.29, 0.717) is 22.6 Å². The number of aromatic hydroxyl groups is 1. The highest BCUT2D eigenvalue weighted by atomic mass is 127. The number of carbonyl (C=O) groups excluding carboxylic acids is 2. The summed E-state index contributed by atoms with van der Waals surface area (Å²) in [6.07, 6.45) is 2.07. The molecule has 0 fully saturated rings. The Morgan fingerprint density at radius 2 is 1.84 bits per heavy atom. The van der Waals surface area contributed by atoms with Crippen LogP contribution in [0, 0.1) is 3.57 Å². The summed E-state index contributed by atoms with van der Waals surface area (Å²) in [6, 6.07) is 19.1. The number of nitrogens with two attached hydrogens (primary N) is 1. The van der Waals surface area contributed by atoms with E-state index in [-0.39, 0.29) is 12.4 Å². The molecule has 37 heavy (non-hydrogen) atoms. The van der Waals surface area contributed by atoms with Gasteiger partial charge in [-0.3, -0.25) is 10.1 Å². The maximum absolute atomic E-state index is 12.9. The predicted octanol–water partition coefficient (Wildman–Crippen LogP) is 6.19. The van der Waals surface area contributed by atoms with E-state index in [2.05, 4.69) is 33.2 Å². The lowest BCUT2D eigenvalue weighted by Gasteiger charge is -2.26. The minimum Gasteiger partial charge on any atom is -0.508 e. The second kappa shape index (κ2) is 13.9. The number of amides is 2. The third-order valence-corrected chi connectivity index (χ3v) is 6.59. The number of para-hydroxylation sites is 2. The standard InChI is InChI=1S/C27H28IN3O5S/c1-3-35-24(14-15-25(33)31-22-7-5-4-6-21(22)29)26(20-16-17(28)8-13-23(20)32)36-27(34)30-18-9-11-19(37-2)12-10-18/h4-16,24,26,32H,3,29H2,1-2H3,(H,30,34)(H,31,33)/b15-14+/t24-,26-/m0/s1. The van der Waals surface area contributed by atoms with Gasteiger partial charge in [0.25, 0.3) is 0 Å². The van der Waals surface area contributed by atoms with Crippen LogP contribution in [0.5, 0.6) is 5.75 Å². The molecule has 5 N–H and O–H groups in total. The molecule has 0 heterocycles. The Hall–Kier alpha value is -3.22. The van der Waals surface area contributed by atoms with Crippen molar-refractivity contribution in [2.24, 2.45) is 0 Å². The summed E-state index contributed by atoms with van der Waals surface area (Å²) in [5.41, 5.74) is 7.70. The summed E-state index contributed by atoms with van der Waals surface area (Å²) in [6.45, 7) is 2.05. The second-order valence-corrected chi connectivity index (χ2v) is 9.86. The molecule has 0 saturated heterocycles. The first-order chi connectivity index (χ1) is 17.8. The quantitative estimate of drug-likeness (QED) is 0.0909. The van der Waals surface area contributed by atoms with E-state index >= 15 is 0 Å². The van der Waals surface area contributed by atoms with E-state index in [9.17, 15) is 14.7 Å². The van der Waals surface area contributed by atoms with Crippen molar-refractivity contribution in [1.29, 1.82) is 0 Å². The molecule has 2 atom stereocenters. The number of anilines is 3. The maximum atomic E-state index is 12.9. The molecule has 0 saturated carbocycles. The molecule has 0 unspecified atom stereocenters. The molecule has 0 aromatic heterocycles. The molecule has 3 aromatic rings. The Morgan fingerprint density at radius 1 is 1.11 bits per heavy atom.